The first-order valence-electron chi connectivity index (χ1n) is 5.49. The number of nitrogens with two attached hydrogens (primary N) is 1. The summed E-state index contributed by atoms with van der Waals surface area (Å²) in [5.41, 5.74) is 7.00. The van der Waals surface area contributed by atoms with Gasteiger partial charge in [0.2, 0.25) is 5.91 Å². The largest absolute Gasteiger partial charge is 0.366 e. The minimum absolute atomic E-state index is 0.00470. The summed E-state index contributed by atoms with van der Waals surface area (Å²) >= 11 is 0. The average Bonchev–Trinajstić information content (AvgIpc) is 2.40. The lowest BCUT2D eigenvalue weighted by Crippen LogP contribution is -2.11. The van der Waals surface area contributed by atoms with Gasteiger partial charge in [0, 0.05) is 29.9 Å². The van der Waals surface area contributed by atoms with Crippen molar-refractivity contribution in [2.45, 2.75) is 6.42 Å². The molecule has 0 atom stereocenters. The van der Waals surface area contributed by atoms with Crippen LogP contribution in [0.5, 0.6) is 0 Å². The molecule has 0 aliphatic rings. The highest BCUT2D eigenvalue weighted by molar-refractivity contribution is 5.97. The van der Waals surface area contributed by atoms with E-state index in [2.05, 4.69) is 4.98 Å². The van der Waals surface area contributed by atoms with E-state index in [1.54, 1.807) is 48.8 Å². The number of Topliss-reactive ketones (excluding diaryl/α,β-unsaturated/α-hetero) is 1. The molecule has 4 heteroatoms. The van der Waals surface area contributed by atoms with E-state index in [0.717, 1.165) is 5.56 Å². The molecule has 2 N–H and O–H groups in total. The zero-order chi connectivity index (χ0) is 13.0. The van der Waals surface area contributed by atoms with E-state index in [-0.39, 0.29) is 12.2 Å². The Labute approximate surface area is 104 Å². The maximum absolute atomic E-state index is 11.9. The lowest BCUT2D eigenvalue weighted by molar-refractivity contribution is 0.0989. The minimum Gasteiger partial charge on any atom is -0.366 e. The molecule has 2 rings (SSSR count). The second-order valence-electron chi connectivity index (χ2n) is 3.90. The van der Waals surface area contributed by atoms with Crippen molar-refractivity contribution in [2.24, 2.45) is 5.73 Å². The summed E-state index contributed by atoms with van der Waals surface area (Å²) in [5.74, 6) is -0.477. The molecule has 0 saturated carbocycles. The summed E-state index contributed by atoms with van der Waals surface area (Å²) in [6.07, 6.45) is 3.45. The van der Waals surface area contributed by atoms with Gasteiger partial charge in [0.1, 0.15) is 0 Å². The smallest absolute Gasteiger partial charge is 0.248 e. The average molecular weight is 240 g/mol. The van der Waals surface area contributed by atoms with Crippen LogP contribution in [0.3, 0.4) is 0 Å². The topological polar surface area (TPSA) is 73.1 Å². The van der Waals surface area contributed by atoms with Gasteiger partial charge in [0.15, 0.2) is 5.78 Å². The highest BCUT2D eigenvalue weighted by Gasteiger charge is 2.07. The first-order chi connectivity index (χ1) is 8.66. The highest BCUT2D eigenvalue weighted by atomic mass is 16.1. The van der Waals surface area contributed by atoms with Crippen LogP contribution in [0.1, 0.15) is 26.3 Å². The van der Waals surface area contributed by atoms with Crippen molar-refractivity contribution in [3.8, 4) is 0 Å². The molecule has 0 saturated heterocycles. The lowest BCUT2D eigenvalue weighted by Gasteiger charge is -2.02. The standard InChI is InChI=1S/C14H12N2O2/c15-14(18)11-5-3-10(4-6-11)8-13(17)12-2-1-7-16-9-12/h1-7,9H,8H2,(H2,15,18). The first-order valence-corrected chi connectivity index (χ1v) is 5.49. The third-order valence-electron chi connectivity index (χ3n) is 2.59. The highest BCUT2D eigenvalue weighted by Crippen LogP contribution is 2.08. The van der Waals surface area contributed by atoms with E-state index in [4.69, 9.17) is 5.73 Å². The number of primary amides is 1. The number of ketones is 1. The van der Waals surface area contributed by atoms with Crippen LogP contribution in [-0.2, 0) is 6.42 Å². The lowest BCUT2D eigenvalue weighted by atomic mass is 10.0. The van der Waals surface area contributed by atoms with E-state index >= 15 is 0 Å². The van der Waals surface area contributed by atoms with Crippen molar-refractivity contribution in [3.05, 3.63) is 65.5 Å². The molecule has 0 unspecified atom stereocenters. The van der Waals surface area contributed by atoms with Gasteiger partial charge in [-0.1, -0.05) is 12.1 Å². The molecular formula is C14H12N2O2. The number of rotatable bonds is 4. The van der Waals surface area contributed by atoms with Gasteiger partial charge < -0.3 is 5.73 Å². The zero-order valence-electron chi connectivity index (χ0n) is 9.67. The number of hydrogen-bond acceptors (Lipinski definition) is 3. The summed E-state index contributed by atoms with van der Waals surface area (Å²) in [4.78, 5) is 26.7. The van der Waals surface area contributed by atoms with Crippen LogP contribution in [0.2, 0.25) is 0 Å². The van der Waals surface area contributed by atoms with Crippen LogP contribution in [0.25, 0.3) is 0 Å². The Kier molecular flexibility index (Phi) is 3.48. The first kappa shape index (κ1) is 12.0. The Balaban J connectivity index is 2.10. The summed E-state index contributed by atoms with van der Waals surface area (Å²) in [5, 5.41) is 0. The Morgan fingerprint density at radius 1 is 1.06 bits per heavy atom. The van der Waals surface area contributed by atoms with Crippen molar-refractivity contribution in [3.63, 3.8) is 0 Å². The Morgan fingerprint density at radius 2 is 1.78 bits per heavy atom. The number of carbonyl (C=O) groups is 2. The number of carbonyl (C=O) groups excluding carboxylic acids is 2. The fraction of sp³-hybridized carbons (Fsp3) is 0.0714. The van der Waals surface area contributed by atoms with Gasteiger partial charge in [-0.05, 0) is 29.8 Å². The van der Waals surface area contributed by atoms with Crippen LogP contribution < -0.4 is 5.73 Å². The molecule has 1 heterocycles. The van der Waals surface area contributed by atoms with E-state index in [0.29, 0.717) is 11.1 Å². The SMILES string of the molecule is NC(=O)c1ccc(CC(=O)c2cccnc2)cc1. The van der Waals surface area contributed by atoms with Gasteiger partial charge in [0.05, 0.1) is 0 Å². The third-order valence-corrected chi connectivity index (χ3v) is 2.59. The number of amides is 1. The van der Waals surface area contributed by atoms with E-state index in [1.807, 2.05) is 0 Å². The monoisotopic (exact) mass is 240 g/mol. The van der Waals surface area contributed by atoms with E-state index < -0.39 is 5.91 Å². The summed E-state index contributed by atoms with van der Waals surface area (Å²) in [6.45, 7) is 0. The number of nitrogens with zero attached hydrogens (tertiary/aromatic N) is 1. The molecule has 0 radical (unpaired) electrons. The molecule has 1 aromatic carbocycles. The molecule has 0 aliphatic heterocycles. The zero-order valence-corrected chi connectivity index (χ0v) is 9.67. The fourth-order valence-corrected chi connectivity index (χ4v) is 1.60. The van der Waals surface area contributed by atoms with E-state index in [9.17, 15) is 9.59 Å². The van der Waals surface area contributed by atoms with Crippen molar-refractivity contribution in [2.75, 3.05) is 0 Å². The van der Waals surface area contributed by atoms with Crippen LogP contribution in [0.4, 0.5) is 0 Å². The molecule has 2 aromatic rings. The van der Waals surface area contributed by atoms with Gasteiger partial charge in [-0.2, -0.15) is 0 Å². The minimum atomic E-state index is -0.472. The third kappa shape index (κ3) is 2.79. The molecule has 0 aliphatic carbocycles. The summed E-state index contributed by atoms with van der Waals surface area (Å²) in [6, 6.07) is 10.2. The quantitative estimate of drug-likeness (QED) is 0.825. The van der Waals surface area contributed by atoms with Crippen LogP contribution in [0.15, 0.2) is 48.8 Å². The normalized spacial score (nSPS) is 10.0. The molecule has 0 spiro atoms. The summed E-state index contributed by atoms with van der Waals surface area (Å²) < 4.78 is 0. The van der Waals surface area contributed by atoms with Gasteiger partial charge >= 0.3 is 0 Å². The Hall–Kier alpha value is -2.49. The van der Waals surface area contributed by atoms with Gasteiger partial charge in [-0.25, -0.2) is 0 Å². The molecule has 4 nitrogen and oxygen atoms in total. The van der Waals surface area contributed by atoms with Gasteiger partial charge in [-0.15, -0.1) is 0 Å². The van der Waals surface area contributed by atoms with Crippen molar-refractivity contribution < 1.29 is 9.59 Å². The Morgan fingerprint density at radius 3 is 2.33 bits per heavy atom. The molecule has 18 heavy (non-hydrogen) atoms. The summed E-state index contributed by atoms with van der Waals surface area (Å²) in [7, 11) is 0. The van der Waals surface area contributed by atoms with E-state index in [1.165, 1.54) is 0 Å². The van der Waals surface area contributed by atoms with Crippen molar-refractivity contribution in [1.29, 1.82) is 0 Å². The predicted molar refractivity (Wildman–Crippen MR) is 67.2 cm³/mol. The predicted octanol–water partition coefficient (Wildman–Crippen LogP) is 1.61. The maximum Gasteiger partial charge on any atom is 0.248 e. The molecule has 1 aromatic heterocycles. The number of hydrogen-bond donors (Lipinski definition) is 1. The van der Waals surface area contributed by atoms with Crippen LogP contribution in [0, 0.1) is 0 Å². The number of pyridine rings is 1. The molecule has 90 valence electrons. The number of aromatic nitrogens is 1. The fourth-order valence-electron chi connectivity index (χ4n) is 1.60. The van der Waals surface area contributed by atoms with Crippen LogP contribution >= 0.6 is 0 Å². The second kappa shape index (κ2) is 5.23. The van der Waals surface area contributed by atoms with Gasteiger partial charge in [-0.3, -0.25) is 14.6 Å². The van der Waals surface area contributed by atoms with Gasteiger partial charge in [0.25, 0.3) is 0 Å². The molecule has 0 bridgehead atoms. The maximum atomic E-state index is 11.9. The molecule has 1 amide bonds. The van der Waals surface area contributed by atoms with Crippen molar-refractivity contribution >= 4 is 11.7 Å². The molecule has 0 fully saturated rings. The van der Waals surface area contributed by atoms with Crippen LogP contribution in [-0.4, -0.2) is 16.7 Å². The number of benzene rings is 1. The van der Waals surface area contributed by atoms with Crippen molar-refractivity contribution in [1.82, 2.24) is 4.98 Å². The molecular weight excluding hydrogens is 228 g/mol. The Bertz CT molecular complexity index is 562. The second-order valence-corrected chi connectivity index (χ2v) is 3.90.